The van der Waals surface area contributed by atoms with Crippen molar-refractivity contribution in [2.24, 2.45) is 0 Å². The summed E-state index contributed by atoms with van der Waals surface area (Å²) in [4.78, 5) is 10.7. The summed E-state index contributed by atoms with van der Waals surface area (Å²) in [5, 5.41) is 0. The van der Waals surface area contributed by atoms with E-state index in [4.69, 9.17) is 9.47 Å². The molecule has 1 atom stereocenters. The number of allylic oxidation sites excluding steroid dienone is 3. The first-order valence-corrected chi connectivity index (χ1v) is 4.36. The molecule has 1 unspecified atom stereocenters. The van der Waals surface area contributed by atoms with Gasteiger partial charge in [-0.25, -0.2) is 0 Å². The van der Waals surface area contributed by atoms with Crippen molar-refractivity contribution in [2.45, 2.75) is 10.7 Å². The van der Waals surface area contributed by atoms with Crippen LogP contribution in [0.25, 0.3) is 0 Å². The Hall–Kier alpha value is -0.770. The van der Waals surface area contributed by atoms with Crippen LogP contribution in [0.3, 0.4) is 0 Å². The number of alkyl halides is 1. The fraction of sp³-hybridized carbons (Fsp3) is 0.375. The van der Waals surface area contributed by atoms with Crippen LogP contribution < -0.4 is 0 Å². The third-order valence-corrected chi connectivity index (χ3v) is 2.59. The Morgan fingerprint density at radius 3 is 3.17 bits per heavy atom. The van der Waals surface area contributed by atoms with Gasteiger partial charge in [-0.05, 0) is 6.08 Å². The van der Waals surface area contributed by atoms with Gasteiger partial charge in [-0.1, -0.05) is 22.0 Å². The first kappa shape index (κ1) is 7.86. The highest BCUT2D eigenvalue weighted by molar-refractivity contribution is 9.10. The average molecular weight is 231 g/mol. The molecule has 1 aliphatic heterocycles. The van der Waals surface area contributed by atoms with E-state index in [9.17, 15) is 4.79 Å². The highest BCUT2D eigenvalue weighted by Crippen LogP contribution is 2.35. The normalized spacial score (nSPS) is 32.4. The van der Waals surface area contributed by atoms with Gasteiger partial charge in [-0.3, -0.25) is 0 Å². The summed E-state index contributed by atoms with van der Waals surface area (Å²) in [5.74, 6) is 1.49. The molecular weight excluding hydrogens is 224 g/mol. The number of carbonyl (C=O) groups is 1. The summed E-state index contributed by atoms with van der Waals surface area (Å²) in [5.41, 5.74) is 0. The SMILES string of the molecule is O=CC1(Br)C=CC2=C(C1)OCO2. The molecule has 1 aliphatic carbocycles. The monoisotopic (exact) mass is 230 g/mol. The van der Waals surface area contributed by atoms with E-state index in [0.29, 0.717) is 6.42 Å². The first-order chi connectivity index (χ1) is 5.73. The van der Waals surface area contributed by atoms with E-state index >= 15 is 0 Å². The van der Waals surface area contributed by atoms with Crippen LogP contribution in [0, 0.1) is 0 Å². The largest absolute Gasteiger partial charge is 0.458 e. The van der Waals surface area contributed by atoms with E-state index in [1.54, 1.807) is 12.2 Å². The quantitative estimate of drug-likeness (QED) is 0.506. The standard InChI is InChI=1S/C8H7BrO3/c9-8(4-10)2-1-6-7(3-8)12-5-11-6/h1-2,4H,3,5H2. The lowest BCUT2D eigenvalue weighted by molar-refractivity contribution is -0.108. The molecule has 0 saturated carbocycles. The lowest BCUT2D eigenvalue weighted by Crippen LogP contribution is -2.22. The molecule has 1 heterocycles. The lowest BCUT2D eigenvalue weighted by atomic mass is 10.00. The van der Waals surface area contributed by atoms with Gasteiger partial charge in [0.15, 0.2) is 5.76 Å². The molecule has 0 radical (unpaired) electrons. The number of aldehydes is 1. The van der Waals surface area contributed by atoms with Crippen molar-refractivity contribution < 1.29 is 14.3 Å². The topological polar surface area (TPSA) is 35.5 Å². The van der Waals surface area contributed by atoms with Gasteiger partial charge in [0.1, 0.15) is 16.4 Å². The van der Waals surface area contributed by atoms with Crippen LogP contribution in [-0.2, 0) is 14.3 Å². The summed E-state index contributed by atoms with van der Waals surface area (Å²) in [6.45, 7) is 0.261. The van der Waals surface area contributed by atoms with Crippen molar-refractivity contribution >= 4 is 22.2 Å². The zero-order valence-electron chi connectivity index (χ0n) is 6.25. The molecule has 0 spiro atoms. The van der Waals surface area contributed by atoms with Gasteiger partial charge in [0.05, 0.1) is 0 Å². The zero-order chi connectivity index (χ0) is 8.60. The molecule has 4 heteroatoms. The highest BCUT2D eigenvalue weighted by atomic mass is 79.9. The van der Waals surface area contributed by atoms with Crippen molar-refractivity contribution in [1.82, 2.24) is 0 Å². The van der Waals surface area contributed by atoms with Crippen LogP contribution in [0.2, 0.25) is 0 Å². The summed E-state index contributed by atoms with van der Waals surface area (Å²) < 4.78 is 9.70. The predicted molar refractivity (Wildman–Crippen MR) is 45.5 cm³/mol. The van der Waals surface area contributed by atoms with Gasteiger partial charge in [0, 0.05) is 6.42 Å². The van der Waals surface area contributed by atoms with Crippen LogP contribution >= 0.6 is 15.9 Å². The summed E-state index contributed by atoms with van der Waals surface area (Å²) in [7, 11) is 0. The Morgan fingerprint density at radius 2 is 2.42 bits per heavy atom. The minimum Gasteiger partial charge on any atom is -0.458 e. The molecular formula is C8H7BrO3. The fourth-order valence-corrected chi connectivity index (χ4v) is 1.58. The minimum absolute atomic E-state index is 0.261. The van der Waals surface area contributed by atoms with Crippen LogP contribution in [0.1, 0.15) is 6.42 Å². The van der Waals surface area contributed by atoms with Gasteiger partial charge in [-0.15, -0.1) is 0 Å². The molecule has 2 rings (SSSR count). The van der Waals surface area contributed by atoms with E-state index in [0.717, 1.165) is 17.8 Å². The molecule has 0 saturated heterocycles. The third kappa shape index (κ3) is 1.16. The minimum atomic E-state index is -0.598. The Bertz CT molecular complexity index is 282. The van der Waals surface area contributed by atoms with Crippen LogP contribution in [0.5, 0.6) is 0 Å². The Balaban J connectivity index is 2.26. The van der Waals surface area contributed by atoms with E-state index in [1.165, 1.54) is 0 Å². The molecule has 0 N–H and O–H groups in total. The maximum absolute atomic E-state index is 10.7. The molecule has 3 nitrogen and oxygen atoms in total. The lowest BCUT2D eigenvalue weighted by Gasteiger charge is -2.19. The van der Waals surface area contributed by atoms with E-state index in [1.807, 2.05) is 0 Å². The second kappa shape index (κ2) is 2.62. The molecule has 2 aliphatic rings. The highest BCUT2D eigenvalue weighted by Gasteiger charge is 2.32. The fourth-order valence-electron chi connectivity index (χ4n) is 1.20. The molecule has 0 aromatic carbocycles. The Kier molecular flexibility index (Phi) is 1.72. The van der Waals surface area contributed by atoms with E-state index in [2.05, 4.69) is 15.9 Å². The van der Waals surface area contributed by atoms with Gasteiger partial charge < -0.3 is 14.3 Å². The van der Waals surface area contributed by atoms with Gasteiger partial charge >= 0.3 is 0 Å². The van der Waals surface area contributed by atoms with Crippen molar-refractivity contribution in [2.75, 3.05) is 6.79 Å². The number of ether oxygens (including phenoxy) is 2. The second-order valence-electron chi connectivity index (χ2n) is 2.75. The number of hydrogen-bond acceptors (Lipinski definition) is 3. The van der Waals surface area contributed by atoms with Crippen LogP contribution in [0.4, 0.5) is 0 Å². The summed E-state index contributed by atoms with van der Waals surface area (Å²) >= 11 is 3.31. The molecule has 0 aromatic rings. The zero-order valence-corrected chi connectivity index (χ0v) is 7.83. The molecule has 0 fully saturated rings. The average Bonchev–Trinajstić information content (AvgIpc) is 2.51. The van der Waals surface area contributed by atoms with Crippen LogP contribution in [0.15, 0.2) is 23.7 Å². The molecule has 0 aromatic heterocycles. The maximum Gasteiger partial charge on any atom is 0.230 e. The van der Waals surface area contributed by atoms with Crippen molar-refractivity contribution in [3.63, 3.8) is 0 Å². The van der Waals surface area contributed by atoms with Crippen molar-refractivity contribution in [1.29, 1.82) is 0 Å². The number of halogens is 1. The van der Waals surface area contributed by atoms with Crippen molar-refractivity contribution in [3.8, 4) is 0 Å². The summed E-state index contributed by atoms with van der Waals surface area (Å²) in [6.07, 6.45) is 4.92. The van der Waals surface area contributed by atoms with Crippen LogP contribution in [-0.4, -0.2) is 17.4 Å². The maximum atomic E-state index is 10.7. The van der Waals surface area contributed by atoms with Gasteiger partial charge in [-0.2, -0.15) is 0 Å². The van der Waals surface area contributed by atoms with E-state index < -0.39 is 4.32 Å². The third-order valence-electron chi connectivity index (χ3n) is 1.86. The second-order valence-corrected chi connectivity index (χ2v) is 4.23. The van der Waals surface area contributed by atoms with Crippen molar-refractivity contribution in [3.05, 3.63) is 23.7 Å². The summed E-state index contributed by atoms with van der Waals surface area (Å²) in [6, 6.07) is 0. The van der Waals surface area contributed by atoms with Gasteiger partial charge in [0.2, 0.25) is 6.79 Å². The van der Waals surface area contributed by atoms with Gasteiger partial charge in [0.25, 0.3) is 0 Å². The number of carbonyl (C=O) groups excluding carboxylic acids is 1. The number of hydrogen-bond donors (Lipinski definition) is 0. The predicted octanol–water partition coefficient (Wildman–Crippen LogP) is 1.49. The molecule has 0 bridgehead atoms. The Morgan fingerprint density at radius 1 is 1.58 bits per heavy atom. The molecule has 12 heavy (non-hydrogen) atoms. The first-order valence-electron chi connectivity index (χ1n) is 3.57. The smallest absolute Gasteiger partial charge is 0.230 e. The molecule has 64 valence electrons. The Labute approximate surface area is 78.2 Å². The van der Waals surface area contributed by atoms with E-state index in [-0.39, 0.29) is 6.79 Å². The molecule has 0 amide bonds. The number of rotatable bonds is 1.